The molecule has 0 aromatic carbocycles. The fourth-order valence-electron chi connectivity index (χ4n) is 0. The SMILES string of the molecule is B.C.[GeH4].[W]. The molecule has 0 atom stereocenters. The van der Waals surface area contributed by atoms with Crippen LogP contribution in [-0.4, -0.2) is 26.0 Å². The summed E-state index contributed by atoms with van der Waals surface area (Å²) >= 11 is 0. The maximum atomic E-state index is 0. The van der Waals surface area contributed by atoms with Crippen molar-refractivity contribution in [2.45, 2.75) is 7.43 Å². The molecule has 0 fully saturated rings. The smallest absolute Gasteiger partial charge is 0 e. The molecule has 0 bridgehead atoms. The van der Waals surface area contributed by atoms with Crippen LogP contribution in [0.2, 0.25) is 0 Å². The van der Waals surface area contributed by atoms with Crippen LogP contribution in [0.5, 0.6) is 0 Å². The van der Waals surface area contributed by atoms with E-state index >= 15 is 0 Å². The molecule has 0 saturated heterocycles. The number of hydrogen-bond acceptors (Lipinski definition) is 0. The van der Waals surface area contributed by atoms with Crippen molar-refractivity contribution in [1.29, 1.82) is 0 Å². The first-order valence-corrected chi connectivity index (χ1v) is 0. The topological polar surface area (TPSA) is 0 Å². The minimum atomic E-state index is 0. The molecule has 0 unspecified atom stereocenters. The van der Waals surface area contributed by atoms with E-state index in [0.717, 1.165) is 0 Å². The van der Waals surface area contributed by atoms with Crippen LogP contribution in [0.4, 0.5) is 0 Å². The summed E-state index contributed by atoms with van der Waals surface area (Å²) in [4.78, 5) is 0. The fraction of sp³-hybridized carbons (Fsp3) is 1.00. The third kappa shape index (κ3) is 10.3. The van der Waals surface area contributed by atoms with Crippen LogP contribution >= 0.6 is 0 Å². The maximum Gasteiger partial charge on any atom is 0 e. The average molecular weight is 290 g/mol. The van der Waals surface area contributed by atoms with Crippen molar-refractivity contribution in [3.8, 4) is 0 Å². The van der Waals surface area contributed by atoms with Crippen LogP contribution in [0.15, 0.2) is 0 Å². The van der Waals surface area contributed by atoms with Crippen LogP contribution in [-0.2, 0) is 21.1 Å². The second-order valence-electron chi connectivity index (χ2n) is 0. The molecule has 0 N–H and O–H groups in total. The zero-order valence-electron chi connectivity index (χ0n) is 0.408. The first kappa shape index (κ1) is 58.2. The summed E-state index contributed by atoms with van der Waals surface area (Å²) in [6, 6.07) is 0. The van der Waals surface area contributed by atoms with Gasteiger partial charge in [0.1, 0.15) is 0 Å². The molecule has 0 heterocycles. The largest absolute Gasteiger partial charge is 0 e. The summed E-state index contributed by atoms with van der Waals surface area (Å²) in [7, 11) is 0. The Morgan fingerprint density at radius 3 is 1.00 bits per heavy atom. The zero-order valence-corrected chi connectivity index (χ0v) is 3.34. The summed E-state index contributed by atoms with van der Waals surface area (Å²) in [5, 5.41) is 0. The van der Waals surface area contributed by atoms with E-state index in [-0.39, 0.29) is 54.5 Å². The van der Waals surface area contributed by atoms with Crippen LogP contribution in [0, 0.1) is 0 Å². The van der Waals surface area contributed by atoms with Crippen LogP contribution in [0.3, 0.4) is 0 Å². The monoisotopic (exact) mass is 292 g/mol. The molecule has 0 aromatic rings. The Labute approximate surface area is 54.5 Å². The second kappa shape index (κ2) is 27.8. The van der Waals surface area contributed by atoms with Gasteiger partial charge in [0, 0.05) is 21.1 Å². The minimum Gasteiger partial charge on any atom is 0 e. The van der Waals surface area contributed by atoms with Crippen molar-refractivity contribution in [2.24, 2.45) is 0 Å². The Bertz CT molecular complexity index is 8.00. The van der Waals surface area contributed by atoms with Gasteiger partial charge in [-0.25, -0.2) is 0 Å². The normalized spacial score (nSPS) is 0. The Hall–Kier alpha value is 1.30. The molecule has 0 aliphatic rings. The fourth-order valence-corrected chi connectivity index (χ4v) is 0. The van der Waals surface area contributed by atoms with Gasteiger partial charge in [-0.1, -0.05) is 7.43 Å². The number of rotatable bonds is 0. The molecule has 0 amide bonds. The van der Waals surface area contributed by atoms with Crippen LogP contribution in [0.25, 0.3) is 0 Å². The van der Waals surface area contributed by atoms with Crippen molar-refractivity contribution in [2.75, 3.05) is 0 Å². The van der Waals surface area contributed by atoms with Gasteiger partial charge < -0.3 is 0 Å². The van der Waals surface area contributed by atoms with E-state index in [1.165, 1.54) is 0 Å². The van der Waals surface area contributed by atoms with Crippen molar-refractivity contribution in [3.05, 3.63) is 0 Å². The molecular weight excluding hydrogens is 279 g/mol. The summed E-state index contributed by atoms with van der Waals surface area (Å²) < 4.78 is 0. The summed E-state index contributed by atoms with van der Waals surface area (Å²) in [5.41, 5.74) is 0. The number of hydrogen-bond donors (Lipinski definition) is 0. The molecule has 0 aliphatic carbocycles. The van der Waals surface area contributed by atoms with Crippen molar-refractivity contribution in [1.82, 2.24) is 0 Å². The Morgan fingerprint density at radius 2 is 1.00 bits per heavy atom. The third-order valence-electron chi connectivity index (χ3n) is 0. The van der Waals surface area contributed by atoms with Crippen LogP contribution in [0.1, 0.15) is 7.43 Å². The first-order chi connectivity index (χ1) is 0. The summed E-state index contributed by atoms with van der Waals surface area (Å²) in [6.45, 7) is 0. The maximum absolute atomic E-state index is 0. The van der Waals surface area contributed by atoms with E-state index in [1.54, 1.807) is 0 Å². The van der Waals surface area contributed by atoms with E-state index < -0.39 is 0 Å². The predicted molar refractivity (Wildman–Crippen MR) is 28.0 cm³/mol. The first-order valence-electron chi connectivity index (χ1n) is 0. The van der Waals surface area contributed by atoms with Crippen molar-refractivity contribution >= 4 is 26.0 Å². The van der Waals surface area contributed by atoms with Gasteiger partial charge in [-0.2, -0.15) is 0 Å². The van der Waals surface area contributed by atoms with Gasteiger partial charge in [-0.05, 0) is 0 Å². The Morgan fingerprint density at radius 1 is 1.00 bits per heavy atom. The van der Waals surface area contributed by atoms with Gasteiger partial charge in [-0.15, -0.1) is 0 Å². The van der Waals surface area contributed by atoms with Gasteiger partial charge in [0.25, 0.3) is 0 Å². The Balaban J connectivity index is 0. The molecule has 4 heavy (non-hydrogen) atoms. The molecule has 0 nitrogen and oxygen atoms in total. The standard InChI is InChI=1S/CH4.BH3.GeH4.W/h1H4;1H3;1H4;. The Kier molecular flexibility index (Phi) is 404. The van der Waals surface area contributed by atoms with E-state index in [9.17, 15) is 0 Å². The molecule has 0 radical (unpaired) electrons. The molecule has 0 rings (SSSR count). The summed E-state index contributed by atoms with van der Waals surface area (Å²) in [6.07, 6.45) is 0. The van der Waals surface area contributed by atoms with Gasteiger partial charge in [-0.3, -0.25) is 0 Å². The van der Waals surface area contributed by atoms with Crippen molar-refractivity contribution in [3.63, 3.8) is 0 Å². The van der Waals surface area contributed by atoms with Gasteiger partial charge in [0.2, 0.25) is 0 Å². The molecule has 3 heteroatoms. The van der Waals surface area contributed by atoms with E-state index in [0.29, 0.717) is 0 Å². The quantitative estimate of drug-likeness (QED) is 0.453. The van der Waals surface area contributed by atoms with E-state index in [1.807, 2.05) is 0 Å². The van der Waals surface area contributed by atoms with E-state index in [2.05, 4.69) is 0 Å². The average Bonchev–Trinajstić information content (AvgIpc) is 0. The van der Waals surface area contributed by atoms with Gasteiger partial charge >= 0.3 is 17.6 Å². The minimum absolute atomic E-state index is 0. The van der Waals surface area contributed by atoms with Crippen molar-refractivity contribution < 1.29 is 21.1 Å². The molecule has 28 valence electrons. The molecule has 0 aliphatic heterocycles. The second-order valence-corrected chi connectivity index (χ2v) is 0. The predicted octanol–water partition coefficient (Wildman–Crippen LogP) is -2.00. The third-order valence-corrected chi connectivity index (χ3v) is 0. The molecule has 0 saturated carbocycles. The van der Waals surface area contributed by atoms with Gasteiger partial charge in [0.05, 0.1) is 8.41 Å². The molecule has 0 spiro atoms. The van der Waals surface area contributed by atoms with Gasteiger partial charge in [0.15, 0.2) is 0 Å². The summed E-state index contributed by atoms with van der Waals surface area (Å²) in [5.74, 6) is 0. The molecular formula is CH11BGeW. The molecule has 0 aromatic heterocycles. The van der Waals surface area contributed by atoms with Crippen LogP contribution < -0.4 is 0 Å². The zero-order chi connectivity index (χ0) is 0. The van der Waals surface area contributed by atoms with E-state index in [4.69, 9.17) is 0 Å².